The number of fused-ring (bicyclic) bond motifs is 1. The molecule has 69 heavy (non-hydrogen) atoms. The number of nitrogens with zero attached hydrogens (tertiary/aromatic N) is 7. The van der Waals surface area contributed by atoms with Crippen LogP contribution < -0.4 is 16.0 Å². The Morgan fingerprint density at radius 1 is 0.681 bits per heavy atom. The van der Waals surface area contributed by atoms with Crippen molar-refractivity contribution in [3.8, 4) is 23.3 Å². The van der Waals surface area contributed by atoms with Gasteiger partial charge >= 0.3 is 0 Å². The van der Waals surface area contributed by atoms with Crippen molar-refractivity contribution in [1.29, 1.82) is 10.5 Å². The molecule has 0 aliphatic heterocycles. The first-order valence-corrected chi connectivity index (χ1v) is 25.3. The van der Waals surface area contributed by atoms with Gasteiger partial charge in [0.25, 0.3) is 30.4 Å². The number of carbonyl (C=O) groups is 1. The van der Waals surface area contributed by atoms with Gasteiger partial charge in [-0.2, -0.15) is 35.8 Å². The summed E-state index contributed by atoms with van der Waals surface area (Å²) in [6.07, 6.45) is 0.199. The molecule has 0 unspecified atom stereocenters. The SMILES string of the molecule is CCC(=O)Nc1ccc(-c2c(N=Nc3cc(S(=O)(=O)O)c4cccc(S(=O)(=O)O)c4c3)sc(N=Nc3c(Nc4ccc(Cl)cc4)nc(Nc4ccc(Cl)c(S(=O)(=O)O)c4)c(C#N)c3C)c2C#N)cc1. The molecule has 0 aliphatic carbocycles. The molecule has 0 saturated carbocycles. The Kier molecular flexibility index (Phi) is 14.2. The molecular weight excluding hydrogens is 1020 g/mol. The van der Waals surface area contributed by atoms with E-state index in [-0.39, 0.29) is 89.1 Å². The van der Waals surface area contributed by atoms with Gasteiger partial charge in [-0.05, 0) is 85.3 Å². The Balaban J connectivity index is 1.41. The number of rotatable bonds is 14. The second kappa shape index (κ2) is 19.8. The summed E-state index contributed by atoms with van der Waals surface area (Å²) in [7, 11) is -14.7. The number of aromatic nitrogens is 1. The van der Waals surface area contributed by atoms with E-state index in [0.29, 0.717) is 22.0 Å². The van der Waals surface area contributed by atoms with Crippen LogP contribution in [0.2, 0.25) is 10.0 Å². The summed E-state index contributed by atoms with van der Waals surface area (Å²) in [5.41, 5.74) is 1.16. The van der Waals surface area contributed by atoms with Gasteiger partial charge in [-0.25, -0.2) is 4.98 Å². The van der Waals surface area contributed by atoms with E-state index in [4.69, 9.17) is 23.2 Å². The van der Waals surface area contributed by atoms with Crippen LogP contribution in [-0.2, 0) is 35.1 Å². The predicted molar refractivity (Wildman–Crippen MR) is 258 cm³/mol. The van der Waals surface area contributed by atoms with Crippen molar-refractivity contribution in [1.82, 2.24) is 4.98 Å². The maximum atomic E-state index is 12.5. The number of thiophene rings is 1. The van der Waals surface area contributed by atoms with Gasteiger partial charge in [0.2, 0.25) is 5.91 Å². The number of hydrogen-bond donors (Lipinski definition) is 6. The van der Waals surface area contributed by atoms with Crippen LogP contribution >= 0.6 is 34.5 Å². The summed E-state index contributed by atoms with van der Waals surface area (Å²) in [6.45, 7) is 3.20. The normalized spacial score (nSPS) is 12.0. The zero-order valence-corrected chi connectivity index (χ0v) is 39.9. The van der Waals surface area contributed by atoms with Crippen molar-refractivity contribution < 1.29 is 43.7 Å². The molecule has 7 aromatic rings. The number of anilines is 5. The van der Waals surface area contributed by atoms with Crippen LogP contribution in [0.5, 0.6) is 0 Å². The number of azo groups is 2. The third-order valence-corrected chi connectivity index (χ3v) is 14.2. The van der Waals surface area contributed by atoms with Crippen molar-refractivity contribution in [3.63, 3.8) is 0 Å². The van der Waals surface area contributed by atoms with Crippen LogP contribution in [-0.4, -0.2) is 49.8 Å². The monoisotopic (exact) mass is 1040 g/mol. The maximum absolute atomic E-state index is 12.5. The molecule has 0 fully saturated rings. The van der Waals surface area contributed by atoms with E-state index in [9.17, 15) is 54.2 Å². The quantitative estimate of drug-likeness (QED) is 0.0435. The van der Waals surface area contributed by atoms with Crippen LogP contribution in [0.4, 0.5) is 50.1 Å². The zero-order chi connectivity index (χ0) is 50.0. The van der Waals surface area contributed by atoms with Gasteiger partial charge in [0.1, 0.15) is 43.1 Å². The first kappa shape index (κ1) is 49.7. The second-order valence-corrected chi connectivity index (χ2v) is 20.3. The summed E-state index contributed by atoms with van der Waals surface area (Å²) < 4.78 is 104. The molecule has 1 amide bonds. The molecule has 0 saturated heterocycles. The van der Waals surface area contributed by atoms with E-state index in [2.05, 4.69) is 53.5 Å². The number of amides is 1. The molecule has 0 bridgehead atoms. The molecule has 2 heterocycles. The molecular formula is C43H30Cl2N10O10S4. The zero-order valence-electron chi connectivity index (χ0n) is 35.2. The van der Waals surface area contributed by atoms with Gasteiger partial charge in [-0.3, -0.25) is 18.5 Å². The molecule has 7 rings (SSSR count). The van der Waals surface area contributed by atoms with Gasteiger partial charge in [0.05, 0.1) is 16.3 Å². The van der Waals surface area contributed by atoms with E-state index < -0.39 is 45.0 Å². The van der Waals surface area contributed by atoms with Crippen LogP contribution in [0.1, 0.15) is 30.0 Å². The molecule has 20 nitrogen and oxygen atoms in total. The number of hydrogen-bond acceptors (Lipinski definition) is 17. The number of carbonyl (C=O) groups excluding carboxylic acids is 1. The first-order valence-electron chi connectivity index (χ1n) is 19.4. The van der Waals surface area contributed by atoms with E-state index in [1.807, 2.05) is 0 Å². The standard InChI is InChI=1S/C43H30Cl2N10O10S4/c1-3-37(56)48-25-11-7-23(8-12-25)38-32(21-47)42(66-43(38)55-52-28-17-30-29(35(19-28)68(60,61)62)5-4-6-34(30)67(57,58)59)54-53-39-22(2)31(20-46)40(51-41(39)49-26-13-9-24(44)10-14-26)50-27-15-16-33(45)36(18-27)69(63,64)65/h4-19H,3H2,1-2H3,(H,48,56)(H2,49,50,51)(H,57,58,59)(H,60,61,62)(H,63,64,65). The minimum atomic E-state index is -5.02. The predicted octanol–water partition coefficient (Wildman–Crippen LogP) is 11.7. The van der Waals surface area contributed by atoms with E-state index >= 15 is 0 Å². The second-order valence-electron chi connectivity index (χ2n) is 14.3. The Labute approximate surface area is 406 Å². The third-order valence-electron chi connectivity index (χ3n) is 9.82. The molecule has 6 N–H and O–H groups in total. The summed E-state index contributed by atoms with van der Waals surface area (Å²) in [5, 5.41) is 46.7. The molecule has 5 aromatic carbocycles. The topological polar surface area (TPSA) is 326 Å². The summed E-state index contributed by atoms with van der Waals surface area (Å²) >= 11 is 12.9. The van der Waals surface area contributed by atoms with E-state index in [1.54, 1.807) is 55.5 Å². The molecule has 0 radical (unpaired) electrons. The summed E-state index contributed by atoms with van der Waals surface area (Å²) in [6, 6.07) is 26.0. The number of nitriles is 2. The minimum Gasteiger partial charge on any atom is -0.339 e. The molecule has 26 heteroatoms. The summed E-state index contributed by atoms with van der Waals surface area (Å²) in [4.78, 5) is 14.7. The van der Waals surface area contributed by atoms with Crippen LogP contribution in [0.15, 0.2) is 132 Å². The van der Waals surface area contributed by atoms with Gasteiger partial charge in [0.15, 0.2) is 16.6 Å². The van der Waals surface area contributed by atoms with Crippen molar-refractivity contribution in [3.05, 3.63) is 124 Å². The number of benzene rings is 5. The van der Waals surface area contributed by atoms with Crippen molar-refractivity contribution in [2.45, 2.75) is 35.0 Å². The van der Waals surface area contributed by atoms with E-state index in [1.165, 1.54) is 31.2 Å². The number of halogens is 2. The first-order chi connectivity index (χ1) is 32.6. The number of pyridine rings is 1. The highest BCUT2D eigenvalue weighted by atomic mass is 35.5. The van der Waals surface area contributed by atoms with Gasteiger partial charge in [0, 0.05) is 50.4 Å². The lowest BCUT2D eigenvalue weighted by Crippen LogP contribution is -2.08. The number of nitrogens with one attached hydrogen (secondary N) is 3. The lowest BCUT2D eigenvalue weighted by Gasteiger charge is -2.16. The molecule has 0 spiro atoms. The smallest absolute Gasteiger partial charge is 0.296 e. The Morgan fingerprint density at radius 3 is 1.91 bits per heavy atom. The highest BCUT2D eigenvalue weighted by Gasteiger charge is 2.25. The molecule has 0 aliphatic rings. The Morgan fingerprint density at radius 2 is 1.29 bits per heavy atom. The lowest BCUT2D eigenvalue weighted by atomic mass is 10.0. The Hall–Kier alpha value is -7.23. The van der Waals surface area contributed by atoms with Gasteiger partial charge < -0.3 is 16.0 Å². The largest absolute Gasteiger partial charge is 0.339 e. The highest BCUT2D eigenvalue weighted by Crippen LogP contribution is 2.49. The van der Waals surface area contributed by atoms with Gasteiger partial charge in [-0.1, -0.05) is 65.7 Å². The van der Waals surface area contributed by atoms with Crippen molar-refractivity contribution in [2.24, 2.45) is 20.5 Å². The van der Waals surface area contributed by atoms with E-state index in [0.717, 1.165) is 35.6 Å². The van der Waals surface area contributed by atoms with Crippen LogP contribution in [0.25, 0.3) is 21.9 Å². The highest BCUT2D eigenvalue weighted by molar-refractivity contribution is 7.86. The third kappa shape index (κ3) is 11.1. The average molecular weight is 1050 g/mol. The fourth-order valence-electron chi connectivity index (χ4n) is 6.61. The fraction of sp³-hybridized carbons (Fsp3) is 0.0698. The average Bonchev–Trinajstić information content (AvgIpc) is 3.65. The van der Waals surface area contributed by atoms with Crippen LogP contribution in [0.3, 0.4) is 0 Å². The Bertz CT molecular complexity index is 3750. The minimum absolute atomic E-state index is 0.000778. The molecule has 2 aromatic heterocycles. The summed E-state index contributed by atoms with van der Waals surface area (Å²) in [5.74, 6) is -0.348. The maximum Gasteiger partial charge on any atom is 0.296 e. The molecule has 0 atom stereocenters. The van der Waals surface area contributed by atoms with Gasteiger partial charge in [-0.15, -0.1) is 20.5 Å². The van der Waals surface area contributed by atoms with Crippen molar-refractivity contribution >= 4 is 132 Å². The fourth-order valence-corrected chi connectivity index (χ4v) is 10.1. The van der Waals surface area contributed by atoms with Crippen LogP contribution in [0, 0.1) is 29.6 Å². The molecule has 350 valence electrons. The lowest BCUT2D eigenvalue weighted by molar-refractivity contribution is -0.115. The van der Waals surface area contributed by atoms with Crippen molar-refractivity contribution in [2.75, 3.05) is 16.0 Å².